The summed E-state index contributed by atoms with van der Waals surface area (Å²) < 4.78 is 10.8. The van der Waals surface area contributed by atoms with Crippen LogP contribution in [0.3, 0.4) is 0 Å². The van der Waals surface area contributed by atoms with E-state index in [0.29, 0.717) is 0 Å². The fourth-order valence-corrected chi connectivity index (χ4v) is 3.95. The number of ether oxygens (including phenoxy) is 2. The second kappa shape index (κ2) is 8.02. The lowest BCUT2D eigenvalue weighted by molar-refractivity contribution is 0.0893. The number of hydrogen-bond donors (Lipinski definition) is 0. The van der Waals surface area contributed by atoms with Crippen molar-refractivity contribution in [3.63, 3.8) is 0 Å². The number of hydrogen-bond acceptors (Lipinski definition) is 4. The summed E-state index contributed by atoms with van der Waals surface area (Å²) in [5.74, 6) is 1.79. The first-order chi connectivity index (χ1) is 11.3. The van der Waals surface area contributed by atoms with E-state index in [1.54, 1.807) is 14.2 Å². The van der Waals surface area contributed by atoms with Crippen LogP contribution in [0.2, 0.25) is 0 Å². The molecule has 2 fully saturated rings. The molecule has 0 saturated carbocycles. The molecular weight excluding hydrogens is 288 g/mol. The highest BCUT2D eigenvalue weighted by molar-refractivity contribution is 5.40. The zero-order valence-electron chi connectivity index (χ0n) is 14.6. The lowest BCUT2D eigenvalue weighted by Crippen LogP contribution is -2.46. The molecule has 4 heteroatoms. The van der Waals surface area contributed by atoms with Gasteiger partial charge in [0.05, 0.1) is 14.2 Å². The van der Waals surface area contributed by atoms with Gasteiger partial charge >= 0.3 is 0 Å². The van der Waals surface area contributed by atoms with Gasteiger partial charge in [0, 0.05) is 24.2 Å². The van der Waals surface area contributed by atoms with Gasteiger partial charge < -0.3 is 14.4 Å². The molecule has 0 atom stereocenters. The quantitative estimate of drug-likeness (QED) is 0.832. The van der Waals surface area contributed by atoms with E-state index < -0.39 is 0 Å². The Kier molecular flexibility index (Phi) is 5.79. The number of rotatable bonds is 5. The average Bonchev–Trinajstić information content (AvgIpc) is 2.63. The van der Waals surface area contributed by atoms with Crippen molar-refractivity contribution in [3.8, 4) is 11.5 Å². The van der Waals surface area contributed by atoms with E-state index in [1.165, 1.54) is 63.8 Å². The molecule has 2 saturated heterocycles. The fourth-order valence-electron chi connectivity index (χ4n) is 3.95. The molecule has 2 aliphatic rings. The number of benzene rings is 1. The molecule has 1 aromatic carbocycles. The standard InChI is InChI=1S/C19H30N2O2/c1-22-18-7-6-16(19(14-18)23-2)15-20-12-8-17(9-13-20)21-10-4-3-5-11-21/h6-7,14,17H,3-5,8-13,15H2,1-2H3. The molecule has 23 heavy (non-hydrogen) atoms. The fraction of sp³-hybridized carbons (Fsp3) is 0.684. The zero-order valence-corrected chi connectivity index (χ0v) is 14.6. The van der Waals surface area contributed by atoms with Crippen LogP contribution in [0.25, 0.3) is 0 Å². The van der Waals surface area contributed by atoms with Crippen molar-refractivity contribution in [2.45, 2.75) is 44.7 Å². The van der Waals surface area contributed by atoms with Crippen LogP contribution in [-0.4, -0.2) is 56.2 Å². The van der Waals surface area contributed by atoms with Gasteiger partial charge in [-0.25, -0.2) is 0 Å². The first-order valence-corrected chi connectivity index (χ1v) is 8.97. The Morgan fingerprint density at radius 2 is 1.70 bits per heavy atom. The number of nitrogens with zero attached hydrogens (tertiary/aromatic N) is 2. The third-order valence-corrected chi connectivity index (χ3v) is 5.35. The minimum atomic E-state index is 0.810. The van der Waals surface area contributed by atoms with Crippen LogP contribution in [0.15, 0.2) is 18.2 Å². The molecule has 0 aliphatic carbocycles. The van der Waals surface area contributed by atoms with Crippen molar-refractivity contribution < 1.29 is 9.47 Å². The molecule has 3 rings (SSSR count). The van der Waals surface area contributed by atoms with Crippen LogP contribution in [-0.2, 0) is 6.54 Å². The Bertz CT molecular complexity index is 492. The van der Waals surface area contributed by atoms with Crippen molar-refractivity contribution in [2.75, 3.05) is 40.4 Å². The number of likely N-dealkylation sites (tertiary alicyclic amines) is 2. The van der Waals surface area contributed by atoms with Crippen LogP contribution >= 0.6 is 0 Å². The SMILES string of the molecule is COc1ccc(CN2CCC(N3CCCCC3)CC2)c(OC)c1. The molecular formula is C19H30N2O2. The first kappa shape index (κ1) is 16.6. The molecule has 1 aromatic rings. The summed E-state index contributed by atoms with van der Waals surface area (Å²) in [6.45, 7) is 5.99. The van der Waals surface area contributed by atoms with E-state index in [9.17, 15) is 0 Å². The second-order valence-corrected chi connectivity index (χ2v) is 6.78. The van der Waals surface area contributed by atoms with Crippen LogP contribution in [0.5, 0.6) is 11.5 Å². The highest BCUT2D eigenvalue weighted by Crippen LogP contribution is 2.27. The third kappa shape index (κ3) is 4.18. The normalized spacial score (nSPS) is 21.3. The van der Waals surface area contributed by atoms with Crippen molar-refractivity contribution in [1.82, 2.24) is 9.80 Å². The predicted octanol–water partition coefficient (Wildman–Crippen LogP) is 3.15. The van der Waals surface area contributed by atoms with Gasteiger partial charge in [-0.05, 0) is 57.9 Å². The smallest absolute Gasteiger partial charge is 0.127 e. The van der Waals surface area contributed by atoms with E-state index >= 15 is 0 Å². The van der Waals surface area contributed by atoms with E-state index in [2.05, 4.69) is 15.9 Å². The summed E-state index contributed by atoms with van der Waals surface area (Å²) >= 11 is 0. The van der Waals surface area contributed by atoms with Gasteiger partial charge in [0.25, 0.3) is 0 Å². The molecule has 0 unspecified atom stereocenters. The Morgan fingerprint density at radius 3 is 2.35 bits per heavy atom. The van der Waals surface area contributed by atoms with Gasteiger partial charge in [-0.2, -0.15) is 0 Å². The van der Waals surface area contributed by atoms with Gasteiger partial charge in [0.1, 0.15) is 11.5 Å². The van der Waals surface area contributed by atoms with Crippen LogP contribution < -0.4 is 9.47 Å². The van der Waals surface area contributed by atoms with Crippen molar-refractivity contribution in [1.29, 1.82) is 0 Å². The van der Waals surface area contributed by atoms with Gasteiger partial charge in [-0.15, -0.1) is 0 Å². The summed E-state index contributed by atoms with van der Waals surface area (Å²) in [6, 6.07) is 6.95. The second-order valence-electron chi connectivity index (χ2n) is 6.78. The molecule has 4 nitrogen and oxygen atoms in total. The molecule has 128 valence electrons. The van der Waals surface area contributed by atoms with Gasteiger partial charge in [-0.1, -0.05) is 12.5 Å². The molecule has 0 bridgehead atoms. The molecule has 0 aromatic heterocycles. The highest BCUT2D eigenvalue weighted by atomic mass is 16.5. The lowest BCUT2D eigenvalue weighted by atomic mass is 9.99. The third-order valence-electron chi connectivity index (χ3n) is 5.35. The zero-order chi connectivity index (χ0) is 16.1. The van der Waals surface area contributed by atoms with E-state index in [4.69, 9.17) is 9.47 Å². The number of piperidine rings is 2. The molecule has 0 spiro atoms. The summed E-state index contributed by atoms with van der Waals surface area (Å²) in [5, 5.41) is 0. The molecule has 0 amide bonds. The number of methoxy groups -OCH3 is 2. The van der Waals surface area contributed by atoms with Gasteiger partial charge in [-0.3, -0.25) is 4.90 Å². The Hall–Kier alpha value is -1.26. The average molecular weight is 318 g/mol. The van der Waals surface area contributed by atoms with Crippen LogP contribution in [0.1, 0.15) is 37.7 Å². The highest BCUT2D eigenvalue weighted by Gasteiger charge is 2.25. The van der Waals surface area contributed by atoms with Crippen molar-refractivity contribution in [2.24, 2.45) is 0 Å². The predicted molar refractivity (Wildman–Crippen MR) is 93.3 cm³/mol. The monoisotopic (exact) mass is 318 g/mol. The summed E-state index contributed by atoms with van der Waals surface area (Å²) in [7, 11) is 3.43. The largest absolute Gasteiger partial charge is 0.497 e. The first-order valence-electron chi connectivity index (χ1n) is 8.97. The molecule has 0 radical (unpaired) electrons. The topological polar surface area (TPSA) is 24.9 Å². The minimum absolute atomic E-state index is 0.810. The van der Waals surface area contributed by atoms with Crippen molar-refractivity contribution >= 4 is 0 Å². The maximum atomic E-state index is 5.53. The summed E-state index contributed by atoms with van der Waals surface area (Å²) in [4.78, 5) is 5.29. The van der Waals surface area contributed by atoms with Crippen molar-refractivity contribution in [3.05, 3.63) is 23.8 Å². The summed E-state index contributed by atoms with van der Waals surface area (Å²) in [5.41, 5.74) is 1.25. The Balaban J connectivity index is 1.54. The molecule has 0 N–H and O–H groups in total. The maximum absolute atomic E-state index is 5.53. The lowest BCUT2D eigenvalue weighted by Gasteiger charge is -2.40. The van der Waals surface area contributed by atoms with Crippen LogP contribution in [0, 0.1) is 0 Å². The van der Waals surface area contributed by atoms with E-state index in [1.807, 2.05) is 12.1 Å². The maximum Gasteiger partial charge on any atom is 0.127 e. The minimum Gasteiger partial charge on any atom is -0.497 e. The Morgan fingerprint density at radius 1 is 0.957 bits per heavy atom. The van der Waals surface area contributed by atoms with Gasteiger partial charge in [0.15, 0.2) is 0 Å². The van der Waals surface area contributed by atoms with Gasteiger partial charge in [0.2, 0.25) is 0 Å². The molecule has 2 heterocycles. The van der Waals surface area contributed by atoms with E-state index in [0.717, 1.165) is 24.1 Å². The molecule has 2 aliphatic heterocycles. The van der Waals surface area contributed by atoms with Crippen LogP contribution in [0.4, 0.5) is 0 Å². The Labute approximate surface area is 140 Å². The van der Waals surface area contributed by atoms with E-state index in [-0.39, 0.29) is 0 Å². The summed E-state index contributed by atoms with van der Waals surface area (Å²) in [6.07, 6.45) is 6.82.